The number of nitrogens with zero attached hydrogens (tertiary/aromatic N) is 3. The summed E-state index contributed by atoms with van der Waals surface area (Å²) in [6.45, 7) is 4.89. The number of ketones is 1. The second kappa shape index (κ2) is 12.8. The molecule has 1 heterocycles. The molecule has 45 heavy (non-hydrogen) atoms. The van der Waals surface area contributed by atoms with Gasteiger partial charge >= 0.3 is 0 Å². The van der Waals surface area contributed by atoms with Crippen LogP contribution in [-0.2, 0) is 14.4 Å². The van der Waals surface area contributed by atoms with Crippen molar-refractivity contribution < 1.29 is 19.5 Å². The monoisotopic (exact) mass is 668 g/mol. The van der Waals surface area contributed by atoms with Gasteiger partial charge in [-0.05, 0) is 74.8 Å². The van der Waals surface area contributed by atoms with Crippen LogP contribution in [0.15, 0.2) is 52.3 Å². The van der Waals surface area contributed by atoms with Gasteiger partial charge in [0.05, 0.1) is 38.2 Å². The molecule has 2 amide bonds. The smallest absolute Gasteiger partial charge is 0.281 e. The van der Waals surface area contributed by atoms with E-state index >= 15 is 0 Å². The number of hydrogen-bond donors (Lipinski definition) is 2. The molecule has 2 saturated carbocycles. The minimum Gasteiger partial charge on any atom is -0.506 e. The molecule has 236 valence electrons. The number of halogens is 3. The first-order chi connectivity index (χ1) is 21.5. The van der Waals surface area contributed by atoms with Crippen LogP contribution < -0.4 is 15.2 Å². The molecule has 11 heteroatoms. The fraction of sp³-hybridized carbons (Fsp3) is 0.412. The summed E-state index contributed by atoms with van der Waals surface area (Å²) in [5.74, 6) is -0.529. The van der Waals surface area contributed by atoms with E-state index in [0.717, 1.165) is 23.8 Å². The van der Waals surface area contributed by atoms with Crippen LogP contribution in [0, 0.1) is 11.8 Å². The topological polar surface area (TPSA) is 102 Å². The lowest BCUT2D eigenvalue weighted by atomic mass is 9.79. The molecule has 1 aliphatic heterocycles. The van der Waals surface area contributed by atoms with Crippen molar-refractivity contribution in [3.63, 3.8) is 0 Å². The normalized spacial score (nSPS) is 20.7. The average molecular weight is 670 g/mol. The van der Waals surface area contributed by atoms with Gasteiger partial charge in [-0.1, -0.05) is 60.5 Å². The lowest BCUT2D eigenvalue weighted by molar-refractivity contribution is -0.115. The fourth-order valence-electron chi connectivity index (χ4n) is 7.10. The first-order valence-electron chi connectivity index (χ1n) is 15.5. The van der Waals surface area contributed by atoms with E-state index in [2.05, 4.69) is 15.3 Å². The zero-order chi connectivity index (χ0) is 32.0. The Morgan fingerprint density at radius 3 is 2.04 bits per heavy atom. The number of carbonyl (C=O) groups is 3. The molecule has 0 saturated heterocycles. The van der Waals surface area contributed by atoms with Crippen LogP contribution in [0.2, 0.25) is 15.1 Å². The third kappa shape index (κ3) is 6.12. The molecule has 0 radical (unpaired) electrons. The number of hydrogen-bond acceptors (Lipinski definition) is 6. The van der Waals surface area contributed by atoms with Gasteiger partial charge in [0.25, 0.3) is 5.91 Å². The zero-order valence-electron chi connectivity index (χ0n) is 25.3. The van der Waals surface area contributed by atoms with Gasteiger partial charge in [-0.3, -0.25) is 14.4 Å². The average Bonchev–Trinajstić information content (AvgIpc) is 3.74. The van der Waals surface area contributed by atoms with Crippen LogP contribution in [-0.4, -0.2) is 41.5 Å². The molecule has 0 aromatic heterocycles. The second-order valence-electron chi connectivity index (χ2n) is 12.4. The van der Waals surface area contributed by atoms with E-state index in [1.54, 1.807) is 13.0 Å². The molecule has 6 rings (SSSR count). The first kappa shape index (κ1) is 31.6. The standard InChI is InChI=1S/C34H35Cl3N4O4/c1-18-28(34(45)41(39-18)31-25(36)13-22(35)14-26(31)37)30-32(43)29(33(30)44)24-12-11-23(15-27(24)38-19(2)42)40(16-20-7-3-4-8-20)17-21-9-5-6-10-21/h11-15,20-21,43H,3-10,16-17H2,1-2H3,(H,38,42)/b30-28+. The largest absolute Gasteiger partial charge is 0.506 e. The summed E-state index contributed by atoms with van der Waals surface area (Å²) < 4.78 is 0. The van der Waals surface area contributed by atoms with Crippen molar-refractivity contribution in [1.29, 1.82) is 0 Å². The predicted molar refractivity (Wildman–Crippen MR) is 181 cm³/mol. The molecule has 3 aliphatic carbocycles. The number of rotatable bonds is 8. The Morgan fingerprint density at radius 2 is 1.51 bits per heavy atom. The number of aliphatic hydroxyl groups is 1. The number of benzene rings is 2. The van der Waals surface area contributed by atoms with Crippen LogP contribution in [0.1, 0.15) is 70.8 Å². The number of Topliss-reactive ketones (excluding diaryl/α,β-unsaturated/α-hetero) is 1. The quantitative estimate of drug-likeness (QED) is 0.275. The zero-order valence-corrected chi connectivity index (χ0v) is 27.5. The van der Waals surface area contributed by atoms with Crippen LogP contribution in [0.3, 0.4) is 0 Å². The Morgan fingerprint density at radius 1 is 0.933 bits per heavy atom. The second-order valence-corrected chi connectivity index (χ2v) is 13.7. The number of anilines is 3. The van der Waals surface area contributed by atoms with Crippen LogP contribution in [0.4, 0.5) is 17.1 Å². The maximum atomic E-state index is 13.7. The first-order valence-corrected chi connectivity index (χ1v) is 16.6. The van der Waals surface area contributed by atoms with Crippen molar-refractivity contribution >= 4 is 80.7 Å². The number of hydrazone groups is 1. The molecule has 4 aliphatic rings. The summed E-state index contributed by atoms with van der Waals surface area (Å²) in [4.78, 5) is 42.0. The summed E-state index contributed by atoms with van der Waals surface area (Å²) in [7, 11) is 0. The summed E-state index contributed by atoms with van der Waals surface area (Å²) >= 11 is 18.7. The van der Waals surface area contributed by atoms with Crippen molar-refractivity contribution in [3.8, 4) is 0 Å². The Bertz CT molecular complexity index is 1640. The van der Waals surface area contributed by atoms with Crippen molar-refractivity contribution in [2.75, 3.05) is 28.3 Å². The molecule has 2 N–H and O–H groups in total. The lowest BCUT2D eigenvalue weighted by Gasteiger charge is -2.32. The van der Waals surface area contributed by atoms with Crippen molar-refractivity contribution in [1.82, 2.24) is 0 Å². The summed E-state index contributed by atoms with van der Waals surface area (Å²) in [5.41, 5.74) is 2.02. The molecule has 8 nitrogen and oxygen atoms in total. The van der Waals surface area contributed by atoms with E-state index in [4.69, 9.17) is 34.8 Å². The van der Waals surface area contributed by atoms with Crippen LogP contribution in [0.25, 0.3) is 5.57 Å². The van der Waals surface area contributed by atoms with E-state index in [-0.39, 0.29) is 49.8 Å². The Labute approximate surface area is 277 Å². The van der Waals surface area contributed by atoms with Gasteiger partial charge in [0, 0.05) is 36.3 Å². The minimum absolute atomic E-state index is 0.0348. The maximum Gasteiger partial charge on any atom is 0.281 e. The highest BCUT2D eigenvalue weighted by molar-refractivity contribution is 6.47. The molecule has 2 aromatic rings. The Hall–Kier alpha value is -3.33. The Balaban J connectivity index is 1.35. The van der Waals surface area contributed by atoms with E-state index in [1.165, 1.54) is 70.4 Å². The minimum atomic E-state index is -0.653. The number of carbonyl (C=O) groups excluding carboxylic acids is 3. The van der Waals surface area contributed by atoms with Crippen molar-refractivity contribution in [2.45, 2.75) is 65.2 Å². The molecular formula is C34H35Cl3N4O4. The fourth-order valence-corrected chi connectivity index (χ4v) is 8.08. The molecule has 2 fully saturated rings. The highest BCUT2D eigenvalue weighted by atomic mass is 35.5. The van der Waals surface area contributed by atoms with Gasteiger partial charge in [0.1, 0.15) is 11.4 Å². The Kier molecular flexibility index (Phi) is 9.01. The number of nitrogens with one attached hydrogen (secondary N) is 1. The van der Waals surface area contributed by atoms with E-state index < -0.39 is 11.7 Å². The van der Waals surface area contributed by atoms with Gasteiger partial charge < -0.3 is 15.3 Å². The molecule has 0 unspecified atom stereocenters. The SMILES string of the molecule is CC(=O)Nc1cc(N(CC2CCCC2)CC2CCCC2)ccc1C1=C(O)/C(=C2\C(=O)N(c3c(Cl)cc(Cl)cc3Cl)N=C2C)C1=O. The molecule has 2 aromatic carbocycles. The third-order valence-corrected chi connectivity index (χ3v) is 10.0. The molecule has 0 spiro atoms. The van der Waals surface area contributed by atoms with Crippen molar-refractivity contribution in [2.24, 2.45) is 16.9 Å². The van der Waals surface area contributed by atoms with Gasteiger partial charge in [0.15, 0.2) is 0 Å². The van der Waals surface area contributed by atoms with Crippen LogP contribution >= 0.6 is 34.8 Å². The molecule has 0 atom stereocenters. The van der Waals surface area contributed by atoms with Crippen LogP contribution in [0.5, 0.6) is 0 Å². The highest BCUT2D eigenvalue weighted by Crippen LogP contribution is 2.45. The van der Waals surface area contributed by atoms with Gasteiger partial charge in [-0.2, -0.15) is 10.1 Å². The summed E-state index contributed by atoms with van der Waals surface area (Å²) in [6, 6.07) is 8.52. The summed E-state index contributed by atoms with van der Waals surface area (Å²) in [6.07, 6.45) is 9.93. The van der Waals surface area contributed by atoms with E-state index in [9.17, 15) is 19.5 Å². The number of aliphatic hydroxyl groups excluding tert-OH is 1. The van der Waals surface area contributed by atoms with Crippen molar-refractivity contribution in [3.05, 3.63) is 67.9 Å². The number of allylic oxidation sites excluding steroid dienone is 2. The predicted octanol–water partition coefficient (Wildman–Crippen LogP) is 8.36. The molecule has 0 bridgehead atoms. The van der Waals surface area contributed by atoms with E-state index in [0.29, 0.717) is 28.1 Å². The molecular weight excluding hydrogens is 635 g/mol. The summed E-state index contributed by atoms with van der Waals surface area (Å²) in [5, 5.41) is 20.0. The lowest BCUT2D eigenvalue weighted by Crippen LogP contribution is -2.33. The van der Waals surface area contributed by atoms with E-state index in [1.807, 2.05) is 12.1 Å². The van der Waals surface area contributed by atoms with Gasteiger partial charge in [-0.15, -0.1) is 0 Å². The number of amides is 2. The third-order valence-electron chi connectivity index (χ3n) is 9.24. The maximum absolute atomic E-state index is 13.7. The highest BCUT2D eigenvalue weighted by Gasteiger charge is 2.44. The van der Waals surface area contributed by atoms with Gasteiger partial charge in [-0.25, -0.2) is 0 Å². The van der Waals surface area contributed by atoms with Gasteiger partial charge in [0.2, 0.25) is 11.7 Å².